The van der Waals surface area contributed by atoms with Crippen molar-refractivity contribution in [2.75, 3.05) is 0 Å². The Labute approximate surface area is 64.9 Å². The Morgan fingerprint density at radius 3 is 2.44 bits per heavy atom. The van der Waals surface area contributed by atoms with E-state index in [1.807, 2.05) is 12.1 Å². The zero-order valence-electron chi connectivity index (χ0n) is 4.54. The Hall–Kier alpha value is -0.132. The van der Waals surface area contributed by atoms with E-state index in [-0.39, 0.29) is 0 Å². The molecule has 0 heterocycles. The van der Waals surface area contributed by atoms with Crippen molar-refractivity contribution in [2.45, 2.75) is 0 Å². The van der Waals surface area contributed by atoms with Gasteiger partial charge in [-0.2, -0.15) is 0 Å². The topological polar surface area (TPSA) is 17.1 Å². The normalized spacial score (nSPS) is 9.89. The van der Waals surface area contributed by atoms with Gasteiger partial charge in [-0.3, -0.25) is 0 Å². The molecule has 1 aromatic rings. The number of hydrogen-bond acceptors (Lipinski definition) is 1. The van der Waals surface area contributed by atoms with Crippen LogP contribution in [0, 0.1) is 0 Å². The molecule has 0 atom stereocenters. The van der Waals surface area contributed by atoms with Crippen LogP contribution in [-0.2, 0) is 3.74 Å². The average molecular weight is 202 g/mol. The molecule has 0 saturated heterocycles. The Kier molecular flexibility index (Phi) is 2.44. The third-order valence-corrected chi connectivity index (χ3v) is 2.80. The van der Waals surface area contributed by atoms with Crippen molar-refractivity contribution < 1.29 is 3.74 Å². The van der Waals surface area contributed by atoms with Gasteiger partial charge in [0.05, 0.1) is 0 Å². The van der Waals surface area contributed by atoms with Crippen LogP contribution in [0.4, 0.5) is 0 Å². The molecule has 0 aliphatic heterocycles. The van der Waals surface area contributed by atoms with Gasteiger partial charge in [0.25, 0.3) is 0 Å². The van der Waals surface area contributed by atoms with Gasteiger partial charge in [0.1, 0.15) is 0 Å². The van der Waals surface area contributed by atoms with Gasteiger partial charge in [-0.15, -0.1) is 0 Å². The van der Waals surface area contributed by atoms with Gasteiger partial charge in [-0.05, 0) is 0 Å². The maximum atomic E-state index is 10.4. The number of hydrogen-bond donors (Lipinski definition) is 0. The van der Waals surface area contributed by atoms with Gasteiger partial charge in [0.2, 0.25) is 0 Å². The van der Waals surface area contributed by atoms with E-state index in [9.17, 15) is 3.74 Å². The molecule has 46 valence electrons. The summed E-state index contributed by atoms with van der Waals surface area (Å²) in [4.78, 5) is 0. The van der Waals surface area contributed by atoms with Crippen LogP contribution in [0.2, 0.25) is 5.02 Å². The van der Waals surface area contributed by atoms with E-state index in [0.717, 1.165) is 4.35 Å². The van der Waals surface area contributed by atoms with Crippen molar-refractivity contribution in [3.63, 3.8) is 0 Å². The third-order valence-electron chi connectivity index (χ3n) is 0.951. The van der Waals surface area contributed by atoms with Crippen molar-refractivity contribution >= 4 is 31.6 Å². The molecule has 3 heteroatoms. The van der Waals surface area contributed by atoms with Gasteiger partial charge >= 0.3 is 64.7 Å². The van der Waals surface area contributed by atoms with E-state index in [4.69, 9.17) is 11.6 Å². The Morgan fingerprint density at radius 2 is 2.00 bits per heavy atom. The van der Waals surface area contributed by atoms with E-state index in [0.29, 0.717) is 5.02 Å². The summed E-state index contributed by atoms with van der Waals surface area (Å²) in [5.41, 5.74) is 0. The molecule has 0 bridgehead atoms. The first kappa shape index (κ1) is 6.98. The van der Waals surface area contributed by atoms with Gasteiger partial charge in [0.15, 0.2) is 0 Å². The van der Waals surface area contributed by atoms with Crippen LogP contribution < -0.4 is 4.35 Å². The van der Waals surface area contributed by atoms with Crippen LogP contribution in [0.3, 0.4) is 0 Å². The molecule has 1 nitrogen and oxygen atoms in total. The van der Waals surface area contributed by atoms with Gasteiger partial charge in [-0.25, -0.2) is 0 Å². The van der Waals surface area contributed by atoms with Crippen LogP contribution in [0.25, 0.3) is 0 Å². The second-order valence-electron chi connectivity index (χ2n) is 1.54. The van der Waals surface area contributed by atoms with Gasteiger partial charge in [0, 0.05) is 0 Å². The first-order valence-electron chi connectivity index (χ1n) is 2.42. The van der Waals surface area contributed by atoms with E-state index in [2.05, 4.69) is 0 Å². The SMILES string of the molecule is O=[As]c1ccccc1Cl. The van der Waals surface area contributed by atoms with Crippen molar-refractivity contribution in [2.24, 2.45) is 0 Å². The summed E-state index contributed by atoms with van der Waals surface area (Å²) in [6.45, 7) is 0. The molecule has 0 amide bonds. The van der Waals surface area contributed by atoms with Crippen LogP contribution in [0.1, 0.15) is 0 Å². The zero-order chi connectivity index (χ0) is 6.69. The molecule has 0 aliphatic rings. The number of benzene rings is 1. The molecule has 0 fully saturated rings. The van der Waals surface area contributed by atoms with Crippen LogP contribution >= 0.6 is 11.6 Å². The maximum absolute atomic E-state index is 10.4. The second-order valence-corrected chi connectivity index (χ2v) is 3.34. The fourth-order valence-corrected chi connectivity index (χ4v) is 1.49. The monoisotopic (exact) mass is 202 g/mol. The van der Waals surface area contributed by atoms with Gasteiger partial charge < -0.3 is 0 Å². The molecule has 0 aromatic heterocycles. The fourth-order valence-electron chi connectivity index (χ4n) is 0.526. The summed E-state index contributed by atoms with van der Waals surface area (Å²) in [5, 5.41) is 0.604. The molecule has 1 rings (SSSR count). The quantitative estimate of drug-likeness (QED) is 0.622. The fraction of sp³-hybridized carbons (Fsp3) is 0. The summed E-state index contributed by atoms with van der Waals surface area (Å²) >= 11 is 4.68. The predicted octanol–water partition coefficient (Wildman–Crippen LogP) is 1.02. The van der Waals surface area contributed by atoms with E-state index in [1.54, 1.807) is 12.1 Å². The second kappa shape index (κ2) is 3.14. The Balaban J connectivity index is 3.15. The first-order chi connectivity index (χ1) is 4.34. The molecule has 0 aliphatic carbocycles. The van der Waals surface area contributed by atoms with Crippen molar-refractivity contribution in [3.8, 4) is 0 Å². The molecule has 1 aromatic carbocycles. The predicted molar refractivity (Wildman–Crippen MR) is 37.5 cm³/mol. The molecule has 0 unspecified atom stereocenters. The Morgan fingerprint density at radius 1 is 1.33 bits per heavy atom. The van der Waals surface area contributed by atoms with Crippen LogP contribution in [0.5, 0.6) is 0 Å². The van der Waals surface area contributed by atoms with Crippen LogP contribution in [-0.4, -0.2) is 15.7 Å². The molecule has 9 heavy (non-hydrogen) atoms. The summed E-state index contributed by atoms with van der Waals surface area (Å²) in [6.07, 6.45) is 0. The van der Waals surface area contributed by atoms with Gasteiger partial charge in [-0.1, -0.05) is 0 Å². The van der Waals surface area contributed by atoms with E-state index in [1.165, 1.54) is 0 Å². The molecule has 0 saturated carbocycles. The summed E-state index contributed by atoms with van der Waals surface area (Å²) in [7, 11) is 0. The average Bonchev–Trinajstić information content (AvgIpc) is 1.89. The number of rotatable bonds is 1. The molecule has 0 N–H and O–H groups in total. The minimum absolute atomic E-state index is 0.604. The van der Waals surface area contributed by atoms with Crippen molar-refractivity contribution in [3.05, 3.63) is 29.3 Å². The van der Waals surface area contributed by atoms with Crippen molar-refractivity contribution in [1.29, 1.82) is 0 Å². The molecule has 0 spiro atoms. The Bertz CT molecular complexity index is 224. The van der Waals surface area contributed by atoms with E-state index >= 15 is 0 Å². The molecule has 0 radical (unpaired) electrons. The van der Waals surface area contributed by atoms with E-state index < -0.39 is 15.7 Å². The van der Waals surface area contributed by atoms with Crippen LogP contribution in [0.15, 0.2) is 24.3 Å². The molecular formula is C6H4AsClO. The third kappa shape index (κ3) is 1.64. The standard InChI is InChI=1S/C6H4AsClO/c8-6-4-2-1-3-5(6)7-9/h1-4H. The zero-order valence-corrected chi connectivity index (χ0v) is 7.18. The first-order valence-corrected chi connectivity index (χ1v) is 4.50. The summed E-state index contributed by atoms with van der Waals surface area (Å²) in [5.74, 6) is 0. The molecular weight excluding hydrogens is 198 g/mol. The summed E-state index contributed by atoms with van der Waals surface area (Å²) < 4.78 is 11.1. The summed E-state index contributed by atoms with van der Waals surface area (Å²) in [6, 6.07) is 7.16. The number of halogens is 1. The van der Waals surface area contributed by atoms with Crippen molar-refractivity contribution in [1.82, 2.24) is 0 Å². The minimum atomic E-state index is -0.968.